The summed E-state index contributed by atoms with van der Waals surface area (Å²) in [5.74, 6) is 0.970. The van der Waals surface area contributed by atoms with E-state index < -0.39 is 0 Å². The lowest BCUT2D eigenvalue weighted by atomic mass is 10.1. The van der Waals surface area contributed by atoms with Gasteiger partial charge in [-0.15, -0.1) is 0 Å². The van der Waals surface area contributed by atoms with Crippen molar-refractivity contribution in [2.24, 2.45) is 0 Å². The number of benzene rings is 1. The van der Waals surface area contributed by atoms with Gasteiger partial charge in [-0.2, -0.15) is 0 Å². The third-order valence-electron chi connectivity index (χ3n) is 2.07. The minimum atomic E-state index is 0.970. The lowest BCUT2D eigenvalue weighted by molar-refractivity contribution is 0.408. The molecule has 0 aliphatic heterocycles. The van der Waals surface area contributed by atoms with Crippen LogP contribution < -0.4 is 4.74 Å². The Hall–Kier alpha value is -0.760. The van der Waals surface area contributed by atoms with E-state index in [9.17, 15) is 0 Å². The molecule has 1 aromatic carbocycles. The summed E-state index contributed by atoms with van der Waals surface area (Å²) in [6, 6.07) is 4.12. The van der Waals surface area contributed by atoms with E-state index in [0.29, 0.717) is 0 Å². The molecule has 0 radical (unpaired) electrons. The largest absolute Gasteiger partial charge is 0.495 e. The summed E-state index contributed by atoms with van der Waals surface area (Å²) in [5.41, 5.74) is 2.56. The van der Waals surface area contributed by atoms with Crippen molar-refractivity contribution in [1.82, 2.24) is 0 Å². The number of ether oxygens (including phenoxy) is 1. The topological polar surface area (TPSA) is 9.23 Å². The van der Waals surface area contributed by atoms with Crippen molar-refractivity contribution >= 4 is 22.0 Å². The van der Waals surface area contributed by atoms with Crippen molar-refractivity contribution in [3.8, 4) is 5.75 Å². The standard InChI is InChI=1S/C10H9BrO/c1-12-10-8-4-2-3-7(8)5-6-9(10)11/h2-3,5-6H,4H2,1H3. The second-order valence-electron chi connectivity index (χ2n) is 2.75. The second-order valence-corrected chi connectivity index (χ2v) is 3.61. The van der Waals surface area contributed by atoms with Gasteiger partial charge < -0.3 is 4.74 Å². The Bertz CT molecular complexity index is 342. The minimum Gasteiger partial charge on any atom is -0.495 e. The van der Waals surface area contributed by atoms with E-state index in [0.717, 1.165) is 16.6 Å². The molecule has 0 fully saturated rings. The van der Waals surface area contributed by atoms with Crippen molar-refractivity contribution < 1.29 is 4.74 Å². The monoisotopic (exact) mass is 224 g/mol. The molecule has 0 N–H and O–H groups in total. The first-order chi connectivity index (χ1) is 5.83. The van der Waals surface area contributed by atoms with Crippen LogP contribution in [0.25, 0.3) is 6.08 Å². The van der Waals surface area contributed by atoms with Crippen LogP contribution in [-0.4, -0.2) is 7.11 Å². The molecule has 2 heteroatoms. The molecule has 0 heterocycles. The Kier molecular flexibility index (Phi) is 1.93. The predicted molar refractivity (Wildman–Crippen MR) is 53.4 cm³/mol. The first-order valence-electron chi connectivity index (χ1n) is 3.85. The van der Waals surface area contributed by atoms with Gasteiger partial charge in [0.15, 0.2) is 0 Å². The Morgan fingerprint density at radius 1 is 1.42 bits per heavy atom. The first kappa shape index (κ1) is 7.87. The molecular formula is C10H9BrO. The van der Waals surface area contributed by atoms with Crippen molar-refractivity contribution in [2.75, 3.05) is 7.11 Å². The van der Waals surface area contributed by atoms with Gasteiger partial charge in [-0.05, 0) is 34.0 Å². The van der Waals surface area contributed by atoms with Crippen LogP contribution in [0, 0.1) is 0 Å². The van der Waals surface area contributed by atoms with Crippen LogP contribution in [0.5, 0.6) is 5.75 Å². The van der Waals surface area contributed by atoms with E-state index >= 15 is 0 Å². The molecule has 0 bridgehead atoms. The fourth-order valence-corrected chi connectivity index (χ4v) is 2.04. The highest BCUT2D eigenvalue weighted by atomic mass is 79.9. The molecule has 1 nitrogen and oxygen atoms in total. The van der Waals surface area contributed by atoms with Gasteiger partial charge in [0, 0.05) is 5.56 Å². The Morgan fingerprint density at radius 2 is 2.25 bits per heavy atom. The van der Waals surface area contributed by atoms with Gasteiger partial charge in [0.2, 0.25) is 0 Å². The van der Waals surface area contributed by atoms with Gasteiger partial charge in [0.25, 0.3) is 0 Å². The average Bonchev–Trinajstić information content (AvgIpc) is 2.52. The first-order valence-corrected chi connectivity index (χ1v) is 4.64. The van der Waals surface area contributed by atoms with Crippen LogP contribution >= 0.6 is 15.9 Å². The van der Waals surface area contributed by atoms with E-state index in [1.165, 1.54) is 11.1 Å². The van der Waals surface area contributed by atoms with Crippen LogP contribution in [0.15, 0.2) is 22.7 Å². The van der Waals surface area contributed by atoms with E-state index in [4.69, 9.17) is 4.74 Å². The lowest BCUT2D eigenvalue weighted by Crippen LogP contribution is -1.91. The van der Waals surface area contributed by atoms with Crippen LogP contribution in [0.1, 0.15) is 11.1 Å². The van der Waals surface area contributed by atoms with Crippen molar-refractivity contribution in [1.29, 1.82) is 0 Å². The molecule has 0 saturated carbocycles. The van der Waals surface area contributed by atoms with E-state index in [-0.39, 0.29) is 0 Å². The van der Waals surface area contributed by atoms with Gasteiger partial charge in [-0.1, -0.05) is 18.2 Å². The minimum absolute atomic E-state index is 0.970. The summed E-state index contributed by atoms with van der Waals surface area (Å²) in [6.07, 6.45) is 5.27. The third-order valence-corrected chi connectivity index (χ3v) is 2.70. The fraction of sp³-hybridized carbons (Fsp3) is 0.200. The molecule has 0 amide bonds. The lowest BCUT2D eigenvalue weighted by Gasteiger charge is -2.08. The molecule has 0 spiro atoms. The van der Waals surface area contributed by atoms with Gasteiger partial charge in [-0.3, -0.25) is 0 Å². The third kappa shape index (κ3) is 1.07. The number of hydrogen-bond donors (Lipinski definition) is 0. The van der Waals surface area contributed by atoms with Crippen LogP contribution in [-0.2, 0) is 6.42 Å². The van der Waals surface area contributed by atoms with Crippen molar-refractivity contribution in [2.45, 2.75) is 6.42 Å². The van der Waals surface area contributed by atoms with E-state index in [2.05, 4.69) is 34.1 Å². The molecule has 62 valence electrons. The van der Waals surface area contributed by atoms with Gasteiger partial charge >= 0.3 is 0 Å². The fourth-order valence-electron chi connectivity index (χ4n) is 1.51. The summed E-state index contributed by atoms with van der Waals surface area (Å²) in [4.78, 5) is 0. The Morgan fingerprint density at radius 3 is 3.00 bits per heavy atom. The van der Waals surface area contributed by atoms with Crippen LogP contribution in [0.3, 0.4) is 0 Å². The number of methoxy groups -OCH3 is 1. The van der Waals surface area contributed by atoms with Gasteiger partial charge in [-0.25, -0.2) is 0 Å². The SMILES string of the molecule is COc1c(Br)ccc2c1CC=C2. The summed E-state index contributed by atoms with van der Waals surface area (Å²) >= 11 is 3.46. The maximum Gasteiger partial charge on any atom is 0.137 e. The molecule has 0 saturated heterocycles. The highest BCUT2D eigenvalue weighted by molar-refractivity contribution is 9.10. The molecular weight excluding hydrogens is 216 g/mol. The number of rotatable bonds is 1. The molecule has 0 aromatic heterocycles. The summed E-state index contributed by atoms with van der Waals surface area (Å²) in [7, 11) is 1.71. The Labute approximate surface area is 80.2 Å². The summed E-state index contributed by atoms with van der Waals surface area (Å²) in [6.45, 7) is 0. The number of halogens is 1. The highest BCUT2D eigenvalue weighted by Crippen LogP contribution is 2.35. The predicted octanol–water partition coefficient (Wildman–Crippen LogP) is 3.03. The summed E-state index contributed by atoms with van der Waals surface area (Å²) in [5, 5.41) is 0. The molecule has 1 aromatic rings. The smallest absolute Gasteiger partial charge is 0.137 e. The zero-order chi connectivity index (χ0) is 8.55. The number of fused-ring (bicyclic) bond motifs is 1. The van der Waals surface area contributed by atoms with Gasteiger partial charge in [0.05, 0.1) is 11.6 Å². The molecule has 0 atom stereocenters. The van der Waals surface area contributed by atoms with Crippen molar-refractivity contribution in [3.63, 3.8) is 0 Å². The quantitative estimate of drug-likeness (QED) is 0.713. The zero-order valence-corrected chi connectivity index (χ0v) is 8.39. The Balaban J connectivity index is 2.61. The van der Waals surface area contributed by atoms with E-state index in [1.807, 2.05) is 6.07 Å². The highest BCUT2D eigenvalue weighted by Gasteiger charge is 2.12. The molecule has 0 unspecified atom stereocenters. The maximum absolute atomic E-state index is 5.30. The molecule has 1 aliphatic carbocycles. The van der Waals surface area contributed by atoms with Gasteiger partial charge in [0.1, 0.15) is 5.75 Å². The van der Waals surface area contributed by atoms with E-state index in [1.54, 1.807) is 7.11 Å². The van der Waals surface area contributed by atoms with Crippen LogP contribution in [0.4, 0.5) is 0 Å². The maximum atomic E-state index is 5.30. The second kappa shape index (κ2) is 2.94. The normalized spacial score (nSPS) is 13.2. The van der Waals surface area contributed by atoms with Crippen molar-refractivity contribution in [3.05, 3.63) is 33.8 Å². The average molecular weight is 225 g/mol. The molecule has 12 heavy (non-hydrogen) atoms. The number of allylic oxidation sites excluding steroid dienone is 1. The molecule has 1 aliphatic rings. The summed E-state index contributed by atoms with van der Waals surface area (Å²) < 4.78 is 6.34. The van der Waals surface area contributed by atoms with Crippen LogP contribution in [0.2, 0.25) is 0 Å². The zero-order valence-electron chi connectivity index (χ0n) is 6.80. The number of hydrogen-bond acceptors (Lipinski definition) is 1. The molecule has 2 rings (SSSR count).